The van der Waals surface area contributed by atoms with Gasteiger partial charge >= 0.3 is 10.1 Å². The molecule has 0 heterocycles. The molecular formula is C18H22O5S. The second-order valence-corrected chi connectivity index (χ2v) is 6.92. The summed E-state index contributed by atoms with van der Waals surface area (Å²) >= 11 is 0. The van der Waals surface area contributed by atoms with E-state index in [4.69, 9.17) is 13.7 Å². The summed E-state index contributed by atoms with van der Waals surface area (Å²) in [7, 11) is -3.87. The summed E-state index contributed by atoms with van der Waals surface area (Å²) in [4.78, 5) is 0.0822. The van der Waals surface area contributed by atoms with Crippen LogP contribution in [-0.4, -0.2) is 28.2 Å². The van der Waals surface area contributed by atoms with Gasteiger partial charge in [0, 0.05) is 6.61 Å². The summed E-state index contributed by atoms with van der Waals surface area (Å²) in [6, 6.07) is 11.5. The molecule has 0 atom stereocenters. The van der Waals surface area contributed by atoms with E-state index in [0.29, 0.717) is 31.3 Å². The molecule has 2 aromatic rings. The quantitative estimate of drug-likeness (QED) is 0.539. The van der Waals surface area contributed by atoms with Gasteiger partial charge in [-0.15, -0.1) is 0 Å². The number of ether oxygens (including phenoxy) is 2. The van der Waals surface area contributed by atoms with Crippen LogP contribution in [0.15, 0.2) is 47.4 Å². The Hall–Kier alpha value is -2.05. The molecule has 24 heavy (non-hydrogen) atoms. The van der Waals surface area contributed by atoms with Crippen molar-refractivity contribution >= 4 is 10.1 Å². The van der Waals surface area contributed by atoms with E-state index in [-0.39, 0.29) is 4.90 Å². The Balaban J connectivity index is 2.06. The van der Waals surface area contributed by atoms with E-state index >= 15 is 0 Å². The standard InChI is InChI=1S/C18H22O5S/c1-4-21-9-10-22-16-5-7-18(8-6-16)24(19,20)23-17-12-14(2)11-15(3)13-17/h5-8,11-13H,4,9-10H2,1-3H3. The Kier molecular flexibility index (Phi) is 6.23. The molecule has 0 radical (unpaired) electrons. The first-order chi connectivity index (χ1) is 11.4. The van der Waals surface area contributed by atoms with E-state index in [1.807, 2.05) is 26.8 Å². The smallest absolute Gasteiger partial charge is 0.339 e. The minimum absolute atomic E-state index is 0.0822. The first-order valence-electron chi connectivity index (χ1n) is 7.74. The molecule has 5 nitrogen and oxygen atoms in total. The van der Waals surface area contributed by atoms with Crippen LogP contribution in [-0.2, 0) is 14.9 Å². The van der Waals surface area contributed by atoms with E-state index in [1.54, 1.807) is 24.3 Å². The van der Waals surface area contributed by atoms with Gasteiger partial charge in [0.15, 0.2) is 0 Å². The van der Waals surface area contributed by atoms with Crippen molar-refractivity contribution in [2.45, 2.75) is 25.7 Å². The third-order valence-corrected chi connectivity index (χ3v) is 4.48. The molecule has 0 saturated heterocycles. The normalized spacial score (nSPS) is 11.3. The first-order valence-corrected chi connectivity index (χ1v) is 9.15. The van der Waals surface area contributed by atoms with Crippen LogP contribution in [0.2, 0.25) is 0 Å². The number of hydrogen-bond donors (Lipinski definition) is 0. The maximum atomic E-state index is 12.4. The summed E-state index contributed by atoms with van der Waals surface area (Å²) in [6.07, 6.45) is 0. The molecule has 0 aliphatic carbocycles. The van der Waals surface area contributed by atoms with Gasteiger partial charge < -0.3 is 13.7 Å². The highest BCUT2D eigenvalue weighted by Crippen LogP contribution is 2.23. The van der Waals surface area contributed by atoms with Gasteiger partial charge in [-0.3, -0.25) is 0 Å². The van der Waals surface area contributed by atoms with Crippen LogP contribution in [0.5, 0.6) is 11.5 Å². The van der Waals surface area contributed by atoms with Crippen molar-refractivity contribution in [2.75, 3.05) is 19.8 Å². The minimum Gasteiger partial charge on any atom is -0.491 e. The highest BCUT2D eigenvalue weighted by atomic mass is 32.2. The molecule has 0 aliphatic rings. The molecule has 2 rings (SSSR count). The Bertz CT molecular complexity index is 746. The largest absolute Gasteiger partial charge is 0.491 e. The van der Waals surface area contributed by atoms with E-state index in [1.165, 1.54) is 12.1 Å². The van der Waals surface area contributed by atoms with Gasteiger partial charge in [0.1, 0.15) is 23.0 Å². The van der Waals surface area contributed by atoms with Gasteiger partial charge in [0.2, 0.25) is 0 Å². The molecule has 0 unspecified atom stereocenters. The molecule has 0 saturated carbocycles. The van der Waals surface area contributed by atoms with Crippen LogP contribution < -0.4 is 8.92 Å². The average Bonchev–Trinajstić information content (AvgIpc) is 2.50. The molecule has 0 N–H and O–H groups in total. The van der Waals surface area contributed by atoms with Crippen molar-refractivity contribution in [2.24, 2.45) is 0 Å². The van der Waals surface area contributed by atoms with E-state index < -0.39 is 10.1 Å². The summed E-state index contributed by atoms with van der Waals surface area (Å²) in [5, 5.41) is 0. The van der Waals surface area contributed by atoms with E-state index in [2.05, 4.69) is 0 Å². The first kappa shape index (κ1) is 18.3. The molecular weight excluding hydrogens is 328 g/mol. The van der Waals surface area contributed by atoms with Crippen LogP contribution in [0.3, 0.4) is 0 Å². The Morgan fingerprint density at radius 2 is 1.50 bits per heavy atom. The van der Waals surface area contributed by atoms with Crippen LogP contribution >= 0.6 is 0 Å². The molecule has 2 aromatic carbocycles. The van der Waals surface area contributed by atoms with Crippen molar-refractivity contribution in [1.82, 2.24) is 0 Å². The van der Waals surface area contributed by atoms with Gasteiger partial charge in [-0.05, 0) is 68.3 Å². The molecule has 130 valence electrons. The van der Waals surface area contributed by atoms with Gasteiger partial charge in [-0.1, -0.05) is 6.07 Å². The molecule has 0 aromatic heterocycles. The van der Waals surface area contributed by atoms with Gasteiger partial charge in [0.25, 0.3) is 0 Å². The maximum Gasteiger partial charge on any atom is 0.339 e. The second-order valence-electron chi connectivity index (χ2n) is 5.38. The monoisotopic (exact) mass is 350 g/mol. The van der Waals surface area contributed by atoms with Crippen LogP contribution in [0.4, 0.5) is 0 Å². The summed E-state index contributed by atoms with van der Waals surface area (Å²) in [6.45, 7) is 7.23. The lowest BCUT2D eigenvalue weighted by Gasteiger charge is -2.10. The van der Waals surface area contributed by atoms with Crippen molar-refractivity contribution in [3.8, 4) is 11.5 Å². The minimum atomic E-state index is -3.87. The van der Waals surface area contributed by atoms with Crippen molar-refractivity contribution in [1.29, 1.82) is 0 Å². The molecule has 0 fully saturated rings. The highest BCUT2D eigenvalue weighted by molar-refractivity contribution is 7.87. The predicted molar refractivity (Wildman–Crippen MR) is 92.2 cm³/mol. The molecule has 0 spiro atoms. The van der Waals surface area contributed by atoms with Crippen molar-refractivity contribution in [3.63, 3.8) is 0 Å². The Morgan fingerprint density at radius 1 is 0.875 bits per heavy atom. The SMILES string of the molecule is CCOCCOc1ccc(S(=O)(=O)Oc2cc(C)cc(C)c2)cc1. The average molecular weight is 350 g/mol. The fraction of sp³-hybridized carbons (Fsp3) is 0.333. The number of benzene rings is 2. The number of aryl methyl sites for hydroxylation is 2. The Labute approximate surface area is 143 Å². The lowest BCUT2D eigenvalue weighted by Crippen LogP contribution is -2.10. The molecule has 0 aliphatic heterocycles. The molecule has 0 amide bonds. The second kappa shape index (κ2) is 8.17. The number of rotatable bonds is 8. The van der Waals surface area contributed by atoms with Gasteiger partial charge in [0.05, 0.1) is 6.61 Å². The van der Waals surface area contributed by atoms with Crippen molar-refractivity contribution in [3.05, 3.63) is 53.6 Å². The van der Waals surface area contributed by atoms with Crippen molar-refractivity contribution < 1.29 is 22.1 Å². The topological polar surface area (TPSA) is 61.8 Å². The highest BCUT2D eigenvalue weighted by Gasteiger charge is 2.17. The lowest BCUT2D eigenvalue weighted by molar-refractivity contribution is 0.110. The van der Waals surface area contributed by atoms with E-state index in [0.717, 1.165) is 11.1 Å². The van der Waals surface area contributed by atoms with Crippen LogP contribution in [0.25, 0.3) is 0 Å². The van der Waals surface area contributed by atoms with Crippen LogP contribution in [0, 0.1) is 13.8 Å². The zero-order chi connectivity index (χ0) is 17.6. The fourth-order valence-electron chi connectivity index (χ4n) is 2.22. The number of hydrogen-bond acceptors (Lipinski definition) is 5. The van der Waals surface area contributed by atoms with E-state index in [9.17, 15) is 8.42 Å². The van der Waals surface area contributed by atoms with Gasteiger partial charge in [-0.2, -0.15) is 8.42 Å². The summed E-state index contributed by atoms with van der Waals surface area (Å²) in [5.41, 5.74) is 1.89. The zero-order valence-electron chi connectivity index (χ0n) is 14.1. The van der Waals surface area contributed by atoms with Crippen LogP contribution in [0.1, 0.15) is 18.1 Å². The third-order valence-electron chi connectivity index (χ3n) is 3.21. The van der Waals surface area contributed by atoms with Gasteiger partial charge in [-0.25, -0.2) is 0 Å². The lowest BCUT2D eigenvalue weighted by atomic mass is 10.1. The fourth-order valence-corrected chi connectivity index (χ4v) is 3.14. The maximum absolute atomic E-state index is 12.4. The Morgan fingerprint density at radius 3 is 2.08 bits per heavy atom. The predicted octanol–water partition coefficient (Wildman–Crippen LogP) is 3.49. The molecule has 6 heteroatoms. The molecule has 0 bridgehead atoms. The third kappa shape index (κ3) is 5.25. The summed E-state index contributed by atoms with van der Waals surface area (Å²) in [5.74, 6) is 0.893. The zero-order valence-corrected chi connectivity index (χ0v) is 14.9. The summed E-state index contributed by atoms with van der Waals surface area (Å²) < 4.78 is 40.6.